The second-order valence-corrected chi connectivity index (χ2v) is 6.68. The van der Waals surface area contributed by atoms with Gasteiger partial charge in [0.15, 0.2) is 0 Å². The van der Waals surface area contributed by atoms with Gasteiger partial charge in [0.2, 0.25) is 0 Å². The van der Waals surface area contributed by atoms with Crippen molar-refractivity contribution in [2.75, 3.05) is 6.54 Å². The molecule has 2 aromatic rings. The van der Waals surface area contributed by atoms with Gasteiger partial charge in [-0.1, -0.05) is 25.1 Å². The Kier molecular flexibility index (Phi) is 4.83. The van der Waals surface area contributed by atoms with Gasteiger partial charge in [-0.15, -0.1) is 0 Å². The minimum atomic E-state index is -0.932. The number of piperidine rings is 1. The number of rotatable bonds is 3. The van der Waals surface area contributed by atoms with E-state index in [1.54, 1.807) is 12.3 Å². The molecule has 1 amide bonds. The summed E-state index contributed by atoms with van der Waals surface area (Å²) in [5, 5.41) is 9.52. The van der Waals surface area contributed by atoms with E-state index in [1.165, 1.54) is 4.90 Å². The van der Waals surface area contributed by atoms with Crippen LogP contribution in [0.3, 0.4) is 0 Å². The van der Waals surface area contributed by atoms with Crippen LogP contribution in [0.1, 0.15) is 35.7 Å². The molecule has 130 valence electrons. The third-order valence-electron chi connectivity index (χ3n) is 4.92. The highest BCUT2D eigenvalue weighted by Gasteiger charge is 2.35. The molecule has 1 fully saturated rings. The molecule has 0 spiro atoms. The summed E-state index contributed by atoms with van der Waals surface area (Å²) in [5.74, 6) is -0.834. The maximum absolute atomic E-state index is 13.1. The molecule has 5 heteroatoms. The highest BCUT2D eigenvalue weighted by molar-refractivity contribution is 5.99. The normalized spacial score (nSPS) is 20.3. The lowest BCUT2D eigenvalue weighted by Crippen LogP contribution is -2.49. The quantitative estimate of drug-likeness (QED) is 0.931. The Morgan fingerprint density at radius 2 is 2.00 bits per heavy atom. The van der Waals surface area contributed by atoms with Gasteiger partial charge in [0, 0.05) is 23.9 Å². The molecule has 2 unspecified atom stereocenters. The number of aliphatic carboxylic acids is 1. The first kappa shape index (κ1) is 17.1. The number of amides is 1. The topological polar surface area (TPSA) is 70.5 Å². The SMILES string of the molecule is Cc1c(C(=O)N2CCC(C)CC2C(=O)O)cccc1-c1ccccn1. The fourth-order valence-electron chi connectivity index (χ4n) is 3.44. The average Bonchev–Trinajstić information content (AvgIpc) is 2.62. The molecule has 1 N–H and O–H groups in total. The second kappa shape index (κ2) is 7.05. The van der Waals surface area contributed by atoms with E-state index in [-0.39, 0.29) is 5.91 Å². The monoisotopic (exact) mass is 338 g/mol. The number of nitrogens with zero attached hydrogens (tertiary/aromatic N) is 2. The number of hydrogen-bond acceptors (Lipinski definition) is 3. The van der Waals surface area contributed by atoms with Crippen LogP contribution >= 0.6 is 0 Å². The molecule has 25 heavy (non-hydrogen) atoms. The van der Waals surface area contributed by atoms with Gasteiger partial charge in [-0.05, 0) is 49.4 Å². The number of likely N-dealkylation sites (tertiary alicyclic amines) is 1. The van der Waals surface area contributed by atoms with Crippen LogP contribution in [-0.2, 0) is 4.79 Å². The Morgan fingerprint density at radius 3 is 2.68 bits per heavy atom. The third kappa shape index (κ3) is 3.40. The fraction of sp³-hybridized carbons (Fsp3) is 0.350. The summed E-state index contributed by atoms with van der Waals surface area (Å²) < 4.78 is 0. The van der Waals surface area contributed by atoms with E-state index >= 15 is 0 Å². The van der Waals surface area contributed by atoms with Crippen molar-refractivity contribution in [1.82, 2.24) is 9.88 Å². The van der Waals surface area contributed by atoms with E-state index in [2.05, 4.69) is 4.98 Å². The second-order valence-electron chi connectivity index (χ2n) is 6.68. The smallest absolute Gasteiger partial charge is 0.326 e. The van der Waals surface area contributed by atoms with Crippen molar-refractivity contribution < 1.29 is 14.7 Å². The Morgan fingerprint density at radius 1 is 1.20 bits per heavy atom. The maximum Gasteiger partial charge on any atom is 0.326 e. The number of carbonyl (C=O) groups is 2. The average molecular weight is 338 g/mol. The van der Waals surface area contributed by atoms with Gasteiger partial charge < -0.3 is 10.0 Å². The molecule has 2 atom stereocenters. The van der Waals surface area contributed by atoms with E-state index in [4.69, 9.17) is 0 Å². The molecule has 1 saturated heterocycles. The summed E-state index contributed by atoms with van der Waals surface area (Å²) in [4.78, 5) is 30.5. The summed E-state index contributed by atoms with van der Waals surface area (Å²) in [7, 11) is 0. The Bertz CT molecular complexity index is 789. The van der Waals surface area contributed by atoms with Gasteiger partial charge >= 0.3 is 5.97 Å². The van der Waals surface area contributed by atoms with Crippen molar-refractivity contribution in [1.29, 1.82) is 0 Å². The molecule has 1 aromatic carbocycles. The third-order valence-corrected chi connectivity index (χ3v) is 4.92. The number of carboxylic acid groups (broad SMARTS) is 1. The number of benzene rings is 1. The van der Waals surface area contributed by atoms with Crippen LogP contribution in [0.15, 0.2) is 42.6 Å². The first-order valence-electron chi connectivity index (χ1n) is 8.54. The largest absolute Gasteiger partial charge is 0.480 e. The molecule has 5 nitrogen and oxygen atoms in total. The Balaban J connectivity index is 1.96. The summed E-state index contributed by atoms with van der Waals surface area (Å²) in [6.45, 7) is 4.40. The van der Waals surface area contributed by atoms with Crippen LogP contribution in [0.25, 0.3) is 11.3 Å². The highest BCUT2D eigenvalue weighted by Crippen LogP contribution is 2.28. The van der Waals surface area contributed by atoms with Crippen molar-refractivity contribution in [3.8, 4) is 11.3 Å². The van der Waals surface area contributed by atoms with E-state index in [1.807, 2.05) is 44.2 Å². The van der Waals surface area contributed by atoms with Crippen LogP contribution in [0.5, 0.6) is 0 Å². The zero-order valence-electron chi connectivity index (χ0n) is 14.5. The molecule has 0 aliphatic carbocycles. The maximum atomic E-state index is 13.1. The Labute approximate surface area is 147 Å². The summed E-state index contributed by atoms with van der Waals surface area (Å²) in [6.07, 6.45) is 3.05. The standard InChI is InChI=1S/C20H22N2O3/c1-13-9-11-22(18(12-13)20(24)25)19(23)16-7-5-6-15(14(16)2)17-8-3-4-10-21-17/h3-8,10,13,18H,9,11-12H2,1-2H3,(H,24,25). The van der Waals surface area contributed by atoms with Gasteiger partial charge in [0.25, 0.3) is 5.91 Å². The minimum Gasteiger partial charge on any atom is -0.480 e. The molecule has 1 aromatic heterocycles. The number of pyridine rings is 1. The summed E-state index contributed by atoms with van der Waals surface area (Å²) >= 11 is 0. The van der Waals surface area contributed by atoms with E-state index in [0.29, 0.717) is 24.4 Å². The molecule has 3 rings (SSSR count). The van der Waals surface area contributed by atoms with Gasteiger partial charge in [0.1, 0.15) is 6.04 Å². The van der Waals surface area contributed by atoms with Crippen LogP contribution in [0.2, 0.25) is 0 Å². The van der Waals surface area contributed by atoms with Crippen LogP contribution in [0.4, 0.5) is 0 Å². The predicted octanol–water partition coefficient (Wildman–Crippen LogP) is 3.38. The van der Waals surface area contributed by atoms with Gasteiger partial charge in [-0.2, -0.15) is 0 Å². The number of aromatic nitrogens is 1. The molecular weight excluding hydrogens is 316 g/mol. The lowest BCUT2D eigenvalue weighted by molar-refractivity contribution is -0.144. The van der Waals surface area contributed by atoms with E-state index in [0.717, 1.165) is 23.2 Å². The molecule has 2 heterocycles. The predicted molar refractivity (Wildman–Crippen MR) is 95.3 cm³/mol. The molecule has 0 bridgehead atoms. The van der Waals surface area contributed by atoms with Crippen LogP contribution in [0, 0.1) is 12.8 Å². The fourth-order valence-corrected chi connectivity index (χ4v) is 3.44. The molecule has 1 aliphatic heterocycles. The van der Waals surface area contributed by atoms with Gasteiger partial charge in [-0.25, -0.2) is 4.79 Å². The van der Waals surface area contributed by atoms with Crippen molar-refractivity contribution in [2.45, 2.75) is 32.7 Å². The summed E-state index contributed by atoms with van der Waals surface area (Å²) in [5.41, 5.74) is 3.07. The van der Waals surface area contributed by atoms with Crippen molar-refractivity contribution in [3.63, 3.8) is 0 Å². The highest BCUT2D eigenvalue weighted by atomic mass is 16.4. The van der Waals surface area contributed by atoms with Crippen LogP contribution in [-0.4, -0.2) is 39.5 Å². The number of hydrogen-bond donors (Lipinski definition) is 1. The lowest BCUT2D eigenvalue weighted by Gasteiger charge is -2.36. The van der Waals surface area contributed by atoms with Crippen LogP contribution < -0.4 is 0 Å². The first-order chi connectivity index (χ1) is 12.0. The zero-order chi connectivity index (χ0) is 18.0. The zero-order valence-corrected chi connectivity index (χ0v) is 14.5. The Hall–Kier alpha value is -2.69. The minimum absolute atomic E-state index is 0.213. The van der Waals surface area contributed by atoms with E-state index < -0.39 is 12.0 Å². The number of carboxylic acids is 1. The molecule has 0 radical (unpaired) electrons. The van der Waals surface area contributed by atoms with Crippen molar-refractivity contribution in [2.24, 2.45) is 5.92 Å². The van der Waals surface area contributed by atoms with Crippen molar-refractivity contribution >= 4 is 11.9 Å². The lowest BCUT2D eigenvalue weighted by atomic mass is 9.91. The summed E-state index contributed by atoms with van der Waals surface area (Å²) in [6, 6.07) is 10.4. The molecule has 0 saturated carbocycles. The molecular formula is C20H22N2O3. The first-order valence-corrected chi connectivity index (χ1v) is 8.54. The van der Waals surface area contributed by atoms with E-state index in [9.17, 15) is 14.7 Å². The molecule has 1 aliphatic rings. The van der Waals surface area contributed by atoms with Gasteiger partial charge in [-0.3, -0.25) is 9.78 Å². The van der Waals surface area contributed by atoms with Gasteiger partial charge in [0.05, 0.1) is 5.69 Å². The van der Waals surface area contributed by atoms with Crippen molar-refractivity contribution in [3.05, 3.63) is 53.7 Å². The number of carbonyl (C=O) groups excluding carboxylic acids is 1.